The minimum Gasteiger partial charge on any atom is -0.497 e. The van der Waals surface area contributed by atoms with Gasteiger partial charge in [-0.1, -0.05) is 17.4 Å². The summed E-state index contributed by atoms with van der Waals surface area (Å²) in [5.41, 5.74) is 1.51. The summed E-state index contributed by atoms with van der Waals surface area (Å²) in [5, 5.41) is 2.83. The predicted molar refractivity (Wildman–Crippen MR) is 103 cm³/mol. The number of hydrogen-bond donors (Lipinski definition) is 1. The zero-order chi connectivity index (χ0) is 18.7. The molecule has 0 aliphatic carbocycles. The molecule has 0 radical (unpaired) electrons. The van der Waals surface area contributed by atoms with E-state index in [4.69, 9.17) is 9.47 Å². The molecule has 1 N–H and O–H groups in total. The average Bonchev–Trinajstić information content (AvgIpc) is 2.95. The van der Waals surface area contributed by atoms with Gasteiger partial charge in [-0.05, 0) is 44.2 Å². The topological polar surface area (TPSA) is 69.6 Å². The summed E-state index contributed by atoms with van der Waals surface area (Å²) in [6.45, 7) is 4.23. The number of amides is 1. The van der Waals surface area contributed by atoms with Crippen molar-refractivity contribution in [3.63, 3.8) is 0 Å². The van der Waals surface area contributed by atoms with E-state index < -0.39 is 6.10 Å². The number of nitrogens with one attached hydrogen (secondary N) is 1. The van der Waals surface area contributed by atoms with Crippen molar-refractivity contribution in [2.24, 2.45) is 0 Å². The number of rotatable bonds is 6. The van der Waals surface area contributed by atoms with Crippen molar-refractivity contribution in [1.82, 2.24) is 4.57 Å². The molecule has 0 spiro atoms. The molecule has 3 rings (SSSR count). The number of ether oxygens (including phenoxy) is 2. The number of hydrogen-bond acceptors (Lipinski definition) is 5. The van der Waals surface area contributed by atoms with Crippen LogP contribution in [-0.2, 0) is 11.3 Å². The van der Waals surface area contributed by atoms with Gasteiger partial charge in [-0.25, -0.2) is 0 Å². The highest BCUT2D eigenvalue weighted by molar-refractivity contribution is 7.16. The van der Waals surface area contributed by atoms with E-state index in [0.29, 0.717) is 23.7 Å². The molecule has 1 amide bonds. The molecule has 0 saturated heterocycles. The van der Waals surface area contributed by atoms with Gasteiger partial charge in [0.15, 0.2) is 6.10 Å². The van der Waals surface area contributed by atoms with Crippen LogP contribution in [0.4, 0.5) is 5.69 Å². The number of aryl methyl sites for hydroxylation is 1. The third-order valence-corrected chi connectivity index (χ3v) is 4.92. The molecule has 2 aromatic carbocycles. The fourth-order valence-corrected chi connectivity index (χ4v) is 3.61. The molecule has 0 aliphatic rings. The first kappa shape index (κ1) is 18.0. The minimum absolute atomic E-state index is 0.000651. The fourth-order valence-electron chi connectivity index (χ4n) is 2.62. The van der Waals surface area contributed by atoms with Crippen molar-refractivity contribution in [2.45, 2.75) is 26.5 Å². The van der Waals surface area contributed by atoms with Crippen molar-refractivity contribution in [2.75, 3.05) is 12.4 Å². The quantitative estimate of drug-likeness (QED) is 0.719. The third-order valence-electron chi connectivity index (χ3n) is 3.98. The van der Waals surface area contributed by atoms with Gasteiger partial charge in [-0.3, -0.25) is 14.2 Å². The van der Waals surface area contributed by atoms with Gasteiger partial charge in [0.25, 0.3) is 5.91 Å². The Kier molecular flexibility index (Phi) is 5.27. The zero-order valence-electron chi connectivity index (χ0n) is 14.8. The summed E-state index contributed by atoms with van der Waals surface area (Å²) in [6, 6.07) is 12.5. The Hall–Kier alpha value is -2.80. The van der Waals surface area contributed by atoms with Crippen LogP contribution in [0, 0.1) is 0 Å². The van der Waals surface area contributed by atoms with Gasteiger partial charge in [0.1, 0.15) is 11.5 Å². The van der Waals surface area contributed by atoms with E-state index in [0.717, 1.165) is 10.2 Å². The van der Waals surface area contributed by atoms with Gasteiger partial charge in [-0.15, -0.1) is 0 Å². The zero-order valence-corrected chi connectivity index (χ0v) is 15.6. The molecule has 0 bridgehead atoms. The second kappa shape index (κ2) is 7.61. The Morgan fingerprint density at radius 3 is 2.73 bits per heavy atom. The monoisotopic (exact) mass is 372 g/mol. The number of carbonyl (C=O) groups is 1. The molecule has 0 unspecified atom stereocenters. The molecular formula is C19H20N2O4S. The molecule has 0 saturated carbocycles. The molecule has 1 atom stereocenters. The van der Waals surface area contributed by atoms with E-state index in [1.54, 1.807) is 48.9 Å². The van der Waals surface area contributed by atoms with Gasteiger partial charge >= 0.3 is 4.87 Å². The van der Waals surface area contributed by atoms with Crippen molar-refractivity contribution < 1.29 is 14.3 Å². The largest absolute Gasteiger partial charge is 0.497 e. The first-order valence-electron chi connectivity index (χ1n) is 8.26. The summed E-state index contributed by atoms with van der Waals surface area (Å²) in [5.74, 6) is 0.950. The first-order chi connectivity index (χ1) is 12.5. The van der Waals surface area contributed by atoms with Crippen molar-refractivity contribution in [3.8, 4) is 11.5 Å². The maximum Gasteiger partial charge on any atom is 0.308 e. The predicted octanol–water partition coefficient (Wildman–Crippen LogP) is 3.50. The van der Waals surface area contributed by atoms with E-state index in [1.807, 2.05) is 19.1 Å². The molecule has 1 aromatic heterocycles. The minimum atomic E-state index is -0.684. The average molecular weight is 372 g/mol. The van der Waals surface area contributed by atoms with E-state index in [1.165, 1.54) is 11.3 Å². The van der Waals surface area contributed by atoms with Crippen LogP contribution in [0.2, 0.25) is 0 Å². The van der Waals surface area contributed by atoms with E-state index in [2.05, 4.69) is 5.32 Å². The van der Waals surface area contributed by atoms with Crippen LogP contribution in [0.25, 0.3) is 10.2 Å². The molecule has 136 valence electrons. The maximum absolute atomic E-state index is 12.4. The van der Waals surface area contributed by atoms with Crippen LogP contribution in [0.15, 0.2) is 47.3 Å². The lowest BCUT2D eigenvalue weighted by Gasteiger charge is -2.15. The maximum atomic E-state index is 12.4. The van der Waals surface area contributed by atoms with Crippen LogP contribution in [0.5, 0.6) is 11.5 Å². The highest BCUT2D eigenvalue weighted by atomic mass is 32.1. The summed E-state index contributed by atoms with van der Waals surface area (Å²) in [4.78, 5) is 24.3. The lowest BCUT2D eigenvalue weighted by Crippen LogP contribution is -2.30. The summed E-state index contributed by atoms with van der Waals surface area (Å²) in [6.07, 6.45) is -0.684. The van der Waals surface area contributed by atoms with Crippen molar-refractivity contribution in [3.05, 3.63) is 52.1 Å². The molecule has 7 heteroatoms. The number of carbonyl (C=O) groups excluding carboxylic acids is 1. The number of benzene rings is 2. The van der Waals surface area contributed by atoms with Crippen molar-refractivity contribution in [1.29, 1.82) is 0 Å². The van der Waals surface area contributed by atoms with Crippen LogP contribution >= 0.6 is 11.3 Å². The normalized spacial score (nSPS) is 12.0. The SMILES string of the molecule is CCn1c(=O)sc2cc(NC(=O)[C@@H](C)Oc3cccc(OC)c3)ccc21. The van der Waals surface area contributed by atoms with E-state index in [9.17, 15) is 9.59 Å². The summed E-state index contributed by atoms with van der Waals surface area (Å²) in [7, 11) is 1.57. The Balaban J connectivity index is 1.72. The standard InChI is InChI=1S/C19H20N2O4S/c1-4-21-16-9-8-13(10-17(16)26-19(21)23)20-18(22)12(2)25-15-7-5-6-14(11-15)24-3/h5-12H,4H2,1-3H3,(H,20,22)/t12-/m1/s1. The van der Waals surface area contributed by atoms with Crippen LogP contribution < -0.4 is 19.7 Å². The number of nitrogens with zero attached hydrogens (tertiary/aromatic N) is 1. The Morgan fingerprint density at radius 1 is 1.23 bits per heavy atom. The molecule has 0 aliphatic heterocycles. The summed E-state index contributed by atoms with van der Waals surface area (Å²) >= 11 is 1.17. The first-order valence-corrected chi connectivity index (χ1v) is 9.08. The second-order valence-corrected chi connectivity index (χ2v) is 6.72. The smallest absolute Gasteiger partial charge is 0.308 e. The second-order valence-electron chi connectivity index (χ2n) is 5.72. The van der Waals surface area contributed by atoms with Gasteiger partial charge in [-0.2, -0.15) is 0 Å². The lowest BCUT2D eigenvalue weighted by molar-refractivity contribution is -0.122. The molecule has 0 fully saturated rings. The third kappa shape index (κ3) is 3.72. The Labute approximate surface area is 155 Å². The number of methoxy groups -OCH3 is 1. The Morgan fingerprint density at radius 2 is 2.00 bits per heavy atom. The van der Waals surface area contributed by atoms with Crippen LogP contribution in [0.3, 0.4) is 0 Å². The van der Waals surface area contributed by atoms with Gasteiger partial charge in [0.2, 0.25) is 0 Å². The Bertz CT molecular complexity index is 993. The number of fused-ring (bicyclic) bond motifs is 1. The van der Waals surface area contributed by atoms with Crippen LogP contribution in [-0.4, -0.2) is 23.7 Å². The molecule has 26 heavy (non-hydrogen) atoms. The molecular weight excluding hydrogens is 352 g/mol. The number of aromatic nitrogens is 1. The van der Waals surface area contributed by atoms with E-state index in [-0.39, 0.29) is 10.8 Å². The van der Waals surface area contributed by atoms with Crippen molar-refractivity contribution >= 4 is 33.1 Å². The molecule has 6 nitrogen and oxygen atoms in total. The lowest BCUT2D eigenvalue weighted by atomic mass is 10.2. The summed E-state index contributed by atoms with van der Waals surface area (Å²) < 4.78 is 13.4. The van der Waals surface area contributed by atoms with Gasteiger partial charge in [0.05, 0.1) is 17.3 Å². The highest BCUT2D eigenvalue weighted by Crippen LogP contribution is 2.23. The highest BCUT2D eigenvalue weighted by Gasteiger charge is 2.16. The fraction of sp³-hybridized carbons (Fsp3) is 0.263. The molecule has 3 aromatic rings. The number of anilines is 1. The van der Waals surface area contributed by atoms with Crippen LogP contribution in [0.1, 0.15) is 13.8 Å². The molecule has 1 heterocycles. The van der Waals surface area contributed by atoms with Gasteiger partial charge < -0.3 is 14.8 Å². The van der Waals surface area contributed by atoms with E-state index >= 15 is 0 Å². The number of thiazole rings is 1. The van der Waals surface area contributed by atoms with Gasteiger partial charge in [0, 0.05) is 18.3 Å².